The minimum atomic E-state index is 0.0253. The molecule has 1 heterocycles. The van der Waals surface area contributed by atoms with Crippen LogP contribution in [0.2, 0.25) is 0 Å². The van der Waals surface area contributed by atoms with Crippen LogP contribution in [0.5, 0.6) is 0 Å². The van der Waals surface area contributed by atoms with Gasteiger partial charge in [-0.3, -0.25) is 4.79 Å². The number of carbonyl (C=O) groups excluding carboxylic acids is 1. The van der Waals surface area contributed by atoms with Gasteiger partial charge in [-0.1, -0.05) is 30.3 Å². The van der Waals surface area contributed by atoms with Crippen LogP contribution in [0.3, 0.4) is 0 Å². The summed E-state index contributed by atoms with van der Waals surface area (Å²) in [7, 11) is 0. The SMILES string of the molecule is O=C(CCc1ccccc1)Nc1ccc2[nH]c(=S)sc2c1. The Morgan fingerprint density at radius 2 is 2.00 bits per heavy atom. The van der Waals surface area contributed by atoms with Crippen molar-refractivity contribution in [2.24, 2.45) is 0 Å². The van der Waals surface area contributed by atoms with Gasteiger partial charge >= 0.3 is 0 Å². The highest BCUT2D eigenvalue weighted by atomic mass is 32.1. The number of H-pyrrole nitrogens is 1. The zero-order chi connectivity index (χ0) is 14.7. The summed E-state index contributed by atoms with van der Waals surface area (Å²) in [6.07, 6.45) is 1.23. The fraction of sp³-hybridized carbons (Fsp3) is 0.125. The minimum Gasteiger partial charge on any atom is -0.337 e. The Balaban J connectivity index is 1.64. The van der Waals surface area contributed by atoms with Crippen molar-refractivity contribution in [3.05, 3.63) is 58.0 Å². The molecule has 106 valence electrons. The number of aromatic amines is 1. The fourth-order valence-electron chi connectivity index (χ4n) is 2.15. The van der Waals surface area contributed by atoms with Crippen molar-refractivity contribution < 1.29 is 4.79 Å². The van der Waals surface area contributed by atoms with Gasteiger partial charge in [0.15, 0.2) is 3.95 Å². The molecular formula is C16H14N2OS2. The first-order valence-electron chi connectivity index (χ1n) is 6.67. The molecule has 0 spiro atoms. The number of anilines is 1. The molecule has 0 aliphatic heterocycles. The molecule has 2 aromatic carbocycles. The van der Waals surface area contributed by atoms with E-state index in [1.54, 1.807) is 0 Å². The lowest BCUT2D eigenvalue weighted by Gasteiger charge is -2.05. The number of carbonyl (C=O) groups is 1. The standard InChI is InChI=1S/C16H14N2OS2/c19-15(9-6-11-4-2-1-3-5-11)17-12-7-8-13-14(10-12)21-16(20)18-13/h1-5,7-8,10H,6,9H2,(H,17,19)(H,18,20). The Hall–Kier alpha value is -1.98. The van der Waals surface area contributed by atoms with E-state index in [1.807, 2.05) is 48.5 Å². The van der Waals surface area contributed by atoms with Crippen molar-refractivity contribution in [2.75, 3.05) is 5.32 Å². The molecule has 0 aliphatic rings. The summed E-state index contributed by atoms with van der Waals surface area (Å²) in [6, 6.07) is 15.8. The predicted molar refractivity (Wildman–Crippen MR) is 90.4 cm³/mol. The Morgan fingerprint density at radius 1 is 1.19 bits per heavy atom. The Bertz CT molecular complexity index is 821. The highest BCUT2D eigenvalue weighted by molar-refractivity contribution is 7.73. The molecule has 0 bridgehead atoms. The smallest absolute Gasteiger partial charge is 0.224 e. The summed E-state index contributed by atoms with van der Waals surface area (Å²) in [5.74, 6) is 0.0253. The van der Waals surface area contributed by atoms with Gasteiger partial charge in [-0.05, 0) is 42.4 Å². The lowest BCUT2D eigenvalue weighted by atomic mass is 10.1. The van der Waals surface area contributed by atoms with Crippen LogP contribution in [-0.2, 0) is 11.2 Å². The van der Waals surface area contributed by atoms with Gasteiger partial charge in [0.2, 0.25) is 5.91 Å². The van der Waals surface area contributed by atoms with Crippen LogP contribution in [0, 0.1) is 3.95 Å². The van der Waals surface area contributed by atoms with Gasteiger partial charge < -0.3 is 10.3 Å². The van der Waals surface area contributed by atoms with E-state index in [1.165, 1.54) is 16.9 Å². The molecule has 3 nitrogen and oxygen atoms in total. The van der Waals surface area contributed by atoms with E-state index < -0.39 is 0 Å². The molecule has 0 fully saturated rings. The molecule has 3 aromatic rings. The average Bonchev–Trinajstić information content (AvgIpc) is 2.85. The summed E-state index contributed by atoms with van der Waals surface area (Å²) in [6.45, 7) is 0. The summed E-state index contributed by atoms with van der Waals surface area (Å²) in [5.41, 5.74) is 2.99. The van der Waals surface area contributed by atoms with Crippen molar-refractivity contribution in [3.63, 3.8) is 0 Å². The summed E-state index contributed by atoms with van der Waals surface area (Å²) in [5, 5.41) is 2.93. The first kappa shape index (κ1) is 14.0. The topological polar surface area (TPSA) is 44.9 Å². The molecule has 2 N–H and O–H groups in total. The second kappa shape index (κ2) is 6.20. The second-order valence-corrected chi connectivity index (χ2v) is 6.48. The molecule has 5 heteroatoms. The van der Waals surface area contributed by atoms with Crippen LogP contribution in [0.4, 0.5) is 5.69 Å². The zero-order valence-corrected chi connectivity index (χ0v) is 12.9. The average molecular weight is 314 g/mol. The van der Waals surface area contributed by atoms with E-state index in [0.717, 1.165) is 26.3 Å². The molecule has 1 aromatic heterocycles. The Kier molecular flexibility index (Phi) is 4.13. The molecule has 0 saturated heterocycles. The number of hydrogen-bond donors (Lipinski definition) is 2. The van der Waals surface area contributed by atoms with Crippen LogP contribution >= 0.6 is 23.6 Å². The van der Waals surface area contributed by atoms with Gasteiger partial charge in [0.25, 0.3) is 0 Å². The maximum absolute atomic E-state index is 12.0. The lowest BCUT2D eigenvalue weighted by Crippen LogP contribution is -2.12. The lowest BCUT2D eigenvalue weighted by molar-refractivity contribution is -0.116. The normalized spacial score (nSPS) is 10.7. The third-order valence-corrected chi connectivity index (χ3v) is 4.39. The second-order valence-electron chi connectivity index (χ2n) is 4.76. The van der Waals surface area contributed by atoms with Gasteiger partial charge in [0.05, 0.1) is 10.2 Å². The van der Waals surface area contributed by atoms with E-state index in [9.17, 15) is 4.79 Å². The molecule has 0 saturated carbocycles. The van der Waals surface area contributed by atoms with Crippen molar-refractivity contribution >= 4 is 45.4 Å². The van der Waals surface area contributed by atoms with Crippen LogP contribution in [-0.4, -0.2) is 10.9 Å². The van der Waals surface area contributed by atoms with Crippen LogP contribution < -0.4 is 5.32 Å². The highest BCUT2D eigenvalue weighted by Crippen LogP contribution is 2.23. The minimum absolute atomic E-state index is 0.0253. The van der Waals surface area contributed by atoms with Gasteiger partial charge in [-0.2, -0.15) is 0 Å². The van der Waals surface area contributed by atoms with Crippen molar-refractivity contribution in [2.45, 2.75) is 12.8 Å². The number of thiazole rings is 1. The molecule has 21 heavy (non-hydrogen) atoms. The molecule has 1 amide bonds. The summed E-state index contributed by atoms with van der Waals surface area (Å²) in [4.78, 5) is 15.1. The molecule has 0 unspecified atom stereocenters. The molecule has 3 rings (SSSR count). The van der Waals surface area contributed by atoms with Gasteiger partial charge in [0, 0.05) is 12.1 Å². The predicted octanol–water partition coefficient (Wildman–Crippen LogP) is 4.53. The largest absolute Gasteiger partial charge is 0.337 e. The number of nitrogens with one attached hydrogen (secondary N) is 2. The maximum atomic E-state index is 12.0. The summed E-state index contributed by atoms with van der Waals surface area (Å²) >= 11 is 6.63. The zero-order valence-electron chi connectivity index (χ0n) is 11.3. The third kappa shape index (κ3) is 3.56. The fourth-order valence-corrected chi connectivity index (χ4v) is 3.30. The Labute approximate surface area is 131 Å². The number of rotatable bonds is 4. The van der Waals surface area contributed by atoms with Crippen molar-refractivity contribution in [3.8, 4) is 0 Å². The number of benzene rings is 2. The third-order valence-electron chi connectivity index (χ3n) is 3.19. The number of aromatic nitrogens is 1. The number of fused-ring (bicyclic) bond motifs is 1. The van der Waals surface area contributed by atoms with Crippen molar-refractivity contribution in [1.29, 1.82) is 0 Å². The van der Waals surface area contributed by atoms with Crippen LogP contribution in [0.1, 0.15) is 12.0 Å². The molecule has 0 aliphatic carbocycles. The molecular weight excluding hydrogens is 300 g/mol. The van der Waals surface area contributed by atoms with E-state index in [4.69, 9.17) is 12.2 Å². The number of amides is 1. The Morgan fingerprint density at radius 3 is 2.81 bits per heavy atom. The maximum Gasteiger partial charge on any atom is 0.224 e. The molecule has 0 radical (unpaired) electrons. The van der Waals surface area contributed by atoms with Crippen LogP contribution in [0.15, 0.2) is 48.5 Å². The highest BCUT2D eigenvalue weighted by Gasteiger charge is 2.05. The van der Waals surface area contributed by atoms with E-state index in [2.05, 4.69) is 10.3 Å². The van der Waals surface area contributed by atoms with Crippen LogP contribution in [0.25, 0.3) is 10.2 Å². The monoisotopic (exact) mass is 314 g/mol. The van der Waals surface area contributed by atoms with Gasteiger partial charge in [-0.25, -0.2) is 0 Å². The first-order chi connectivity index (χ1) is 10.2. The summed E-state index contributed by atoms with van der Waals surface area (Å²) < 4.78 is 1.80. The van der Waals surface area contributed by atoms with Gasteiger partial charge in [0.1, 0.15) is 0 Å². The quantitative estimate of drug-likeness (QED) is 0.695. The first-order valence-corrected chi connectivity index (χ1v) is 7.90. The van der Waals surface area contributed by atoms with E-state index in [0.29, 0.717) is 6.42 Å². The van der Waals surface area contributed by atoms with E-state index in [-0.39, 0.29) is 5.91 Å². The number of hydrogen-bond acceptors (Lipinski definition) is 3. The van der Waals surface area contributed by atoms with Gasteiger partial charge in [-0.15, -0.1) is 11.3 Å². The van der Waals surface area contributed by atoms with E-state index >= 15 is 0 Å². The molecule has 0 atom stereocenters. The van der Waals surface area contributed by atoms with Crippen molar-refractivity contribution in [1.82, 2.24) is 4.98 Å². The number of aryl methyl sites for hydroxylation is 1.